The fourth-order valence-corrected chi connectivity index (χ4v) is 4.80. The van der Waals surface area contributed by atoms with E-state index in [1.54, 1.807) is 11.3 Å². The Morgan fingerprint density at radius 1 is 1.05 bits per heavy atom. The van der Waals surface area contributed by atoms with E-state index in [-0.39, 0.29) is 0 Å². The van der Waals surface area contributed by atoms with Gasteiger partial charge in [-0.05, 0) is 23.4 Å². The summed E-state index contributed by atoms with van der Waals surface area (Å²) in [5.74, 6) is 2.35. The van der Waals surface area contributed by atoms with Crippen LogP contribution in [0.5, 0.6) is 0 Å². The molecule has 0 radical (unpaired) electrons. The van der Waals surface area contributed by atoms with Crippen LogP contribution in [-0.2, 0) is 0 Å². The molecule has 1 aromatic heterocycles. The highest BCUT2D eigenvalue weighted by molar-refractivity contribution is 8.01. The molecule has 3 aromatic rings. The molecule has 1 atom stereocenters. The van der Waals surface area contributed by atoms with Gasteiger partial charge in [-0.2, -0.15) is 12.6 Å². The summed E-state index contributed by atoms with van der Waals surface area (Å²) in [4.78, 5) is 4.67. The van der Waals surface area contributed by atoms with Gasteiger partial charge in [-0.15, -0.1) is 11.3 Å². The fourth-order valence-electron chi connectivity index (χ4n) is 2.06. The molecule has 0 saturated carbocycles. The van der Waals surface area contributed by atoms with Crippen LogP contribution in [0, 0.1) is 0 Å². The van der Waals surface area contributed by atoms with Gasteiger partial charge in [-0.1, -0.05) is 54.2 Å². The van der Waals surface area contributed by atoms with Crippen LogP contribution in [-0.4, -0.2) is 16.5 Å². The molecule has 0 aliphatic heterocycles. The van der Waals surface area contributed by atoms with Crippen LogP contribution in [0.2, 0.25) is 0 Å². The summed E-state index contributed by atoms with van der Waals surface area (Å²) < 4.78 is 2.41. The lowest BCUT2D eigenvalue weighted by atomic mass is 10.0. The van der Waals surface area contributed by atoms with E-state index >= 15 is 0 Å². The highest BCUT2D eigenvalue weighted by atomic mass is 32.2. The van der Waals surface area contributed by atoms with Crippen LogP contribution in [0.25, 0.3) is 10.2 Å². The molecule has 3 rings (SSSR count). The van der Waals surface area contributed by atoms with Crippen LogP contribution in [0.4, 0.5) is 0 Å². The van der Waals surface area contributed by atoms with Gasteiger partial charge in [0, 0.05) is 11.7 Å². The normalized spacial score (nSPS) is 12.7. The molecule has 0 saturated heterocycles. The molecule has 0 fully saturated rings. The monoisotopic (exact) mass is 317 g/mol. The van der Waals surface area contributed by atoms with E-state index in [0.29, 0.717) is 5.92 Å². The average Bonchev–Trinajstić information content (AvgIpc) is 2.92. The lowest BCUT2D eigenvalue weighted by molar-refractivity contribution is 0.898. The van der Waals surface area contributed by atoms with E-state index in [1.807, 2.05) is 17.8 Å². The van der Waals surface area contributed by atoms with Gasteiger partial charge in [0.2, 0.25) is 0 Å². The Morgan fingerprint density at radius 2 is 1.80 bits per heavy atom. The number of fused-ring (bicyclic) bond motifs is 1. The molecule has 0 spiro atoms. The van der Waals surface area contributed by atoms with Crippen LogP contribution in [0.15, 0.2) is 58.9 Å². The summed E-state index contributed by atoms with van der Waals surface area (Å²) in [5.41, 5.74) is 2.46. The number of thiol groups is 1. The van der Waals surface area contributed by atoms with Gasteiger partial charge in [0.15, 0.2) is 4.34 Å². The van der Waals surface area contributed by atoms with Crippen molar-refractivity contribution in [3.63, 3.8) is 0 Å². The summed E-state index contributed by atoms with van der Waals surface area (Å²) in [6, 6.07) is 18.9. The van der Waals surface area contributed by atoms with E-state index in [1.165, 1.54) is 10.3 Å². The van der Waals surface area contributed by atoms with Gasteiger partial charge in [-0.25, -0.2) is 4.98 Å². The minimum atomic E-state index is 0.469. The maximum Gasteiger partial charge on any atom is 0.151 e. The summed E-state index contributed by atoms with van der Waals surface area (Å²) in [6.07, 6.45) is 0. The molecule has 102 valence electrons. The lowest BCUT2D eigenvalue weighted by Crippen LogP contribution is -2.03. The van der Waals surface area contributed by atoms with Crippen LogP contribution >= 0.6 is 35.7 Å². The number of hydrogen-bond donors (Lipinski definition) is 1. The SMILES string of the molecule is SCC(CSc1nc2ccccc2s1)c1ccccc1. The Balaban J connectivity index is 1.71. The standard InChI is InChI=1S/C16H15NS3/c18-10-13(12-6-2-1-3-7-12)11-19-16-17-14-8-4-5-9-15(14)20-16/h1-9,13,18H,10-11H2. The molecule has 4 heteroatoms. The molecule has 2 aromatic carbocycles. The Kier molecular flexibility index (Phi) is 4.65. The zero-order chi connectivity index (χ0) is 13.8. The third kappa shape index (κ3) is 3.19. The third-order valence-corrected chi connectivity index (χ3v) is 5.96. The first-order valence-electron chi connectivity index (χ1n) is 6.51. The van der Waals surface area contributed by atoms with E-state index in [0.717, 1.165) is 21.4 Å². The van der Waals surface area contributed by atoms with Crippen molar-refractivity contribution >= 4 is 45.9 Å². The van der Waals surface area contributed by atoms with E-state index in [2.05, 4.69) is 66.1 Å². The van der Waals surface area contributed by atoms with Crippen molar-refractivity contribution < 1.29 is 0 Å². The Hall–Kier alpha value is -0.970. The second-order valence-corrected chi connectivity index (χ2v) is 7.21. The quantitative estimate of drug-likeness (QED) is 0.519. The number of benzene rings is 2. The minimum Gasteiger partial charge on any atom is -0.230 e. The zero-order valence-corrected chi connectivity index (χ0v) is 13.4. The number of thioether (sulfide) groups is 1. The number of hydrogen-bond acceptors (Lipinski definition) is 4. The van der Waals surface area contributed by atoms with Crippen molar-refractivity contribution in [3.8, 4) is 0 Å². The van der Waals surface area contributed by atoms with Crippen molar-refractivity contribution in [2.24, 2.45) is 0 Å². The number of para-hydroxylation sites is 1. The van der Waals surface area contributed by atoms with Crippen LogP contribution in [0.3, 0.4) is 0 Å². The van der Waals surface area contributed by atoms with Gasteiger partial charge in [0.05, 0.1) is 10.2 Å². The highest BCUT2D eigenvalue weighted by Crippen LogP contribution is 2.32. The molecule has 0 amide bonds. The molecular weight excluding hydrogens is 302 g/mol. The topological polar surface area (TPSA) is 12.9 Å². The van der Waals surface area contributed by atoms with E-state index in [9.17, 15) is 0 Å². The van der Waals surface area contributed by atoms with Crippen molar-refractivity contribution in [2.75, 3.05) is 11.5 Å². The van der Waals surface area contributed by atoms with Gasteiger partial charge >= 0.3 is 0 Å². The Morgan fingerprint density at radius 3 is 2.55 bits per heavy atom. The maximum atomic E-state index is 4.67. The first-order valence-corrected chi connectivity index (χ1v) is 8.94. The van der Waals surface area contributed by atoms with Crippen molar-refractivity contribution in [2.45, 2.75) is 10.3 Å². The second kappa shape index (κ2) is 6.66. The summed E-state index contributed by atoms with van der Waals surface area (Å²) >= 11 is 8.10. The summed E-state index contributed by atoms with van der Waals surface area (Å²) in [6.45, 7) is 0. The molecular formula is C16H15NS3. The summed E-state index contributed by atoms with van der Waals surface area (Å²) in [7, 11) is 0. The fraction of sp³-hybridized carbons (Fsp3) is 0.188. The van der Waals surface area contributed by atoms with Crippen molar-refractivity contribution in [1.82, 2.24) is 4.98 Å². The van der Waals surface area contributed by atoms with E-state index in [4.69, 9.17) is 0 Å². The number of thiazole rings is 1. The molecule has 1 unspecified atom stereocenters. The molecule has 0 aliphatic rings. The molecule has 0 N–H and O–H groups in total. The molecule has 1 heterocycles. The largest absolute Gasteiger partial charge is 0.230 e. The van der Waals surface area contributed by atoms with E-state index < -0.39 is 0 Å². The number of rotatable bonds is 5. The highest BCUT2D eigenvalue weighted by Gasteiger charge is 2.12. The Labute approximate surface area is 132 Å². The maximum absolute atomic E-state index is 4.67. The number of nitrogens with zero attached hydrogens (tertiary/aromatic N) is 1. The first-order chi connectivity index (χ1) is 9.86. The third-order valence-electron chi connectivity index (χ3n) is 3.17. The summed E-state index contributed by atoms with van der Waals surface area (Å²) in [5, 5.41) is 0. The minimum absolute atomic E-state index is 0.469. The zero-order valence-electron chi connectivity index (χ0n) is 10.9. The lowest BCUT2D eigenvalue weighted by Gasteiger charge is -2.13. The average molecular weight is 318 g/mol. The first kappa shape index (κ1) is 14.0. The van der Waals surface area contributed by atoms with Gasteiger partial charge < -0.3 is 0 Å². The van der Waals surface area contributed by atoms with Gasteiger partial charge in [-0.3, -0.25) is 0 Å². The molecule has 20 heavy (non-hydrogen) atoms. The van der Waals surface area contributed by atoms with Crippen molar-refractivity contribution in [1.29, 1.82) is 0 Å². The second-order valence-electron chi connectivity index (χ2n) is 4.55. The van der Waals surface area contributed by atoms with Crippen LogP contribution < -0.4 is 0 Å². The predicted molar refractivity (Wildman–Crippen MR) is 93.4 cm³/mol. The van der Waals surface area contributed by atoms with Crippen LogP contribution in [0.1, 0.15) is 11.5 Å². The Bertz CT molecular complexity index is 645. The van der Waals surface area contributed by atoms with Gasteiger partial charge in [0.1, 0.15) is 0 Å². The molecule has 1 nitrogen and oxygen atoms in total. The van der Waals surface area contributed by atoms with Gasteiger partial charge in [0.25, 0.3) is 0 Å². The molecule has 0 aliphatic carbocycles. The number of aromatic nitrogens is 1. The van der Waals surface area contributed by atoms with Crippen molar-refractivity contribution in [3.05, 3.63) is 60.2 Å². The predicted octanol–water partition coefficient (Wildman–Crippen LogP) is 5.10. The molecule has 0 bridgehead atoms. The smallest absolute Gasteiger partial charge is 0.151 e.